The van der Waals surface area contributed by atoms with E-state index in [0.717, 1.165) is 48.9 Å². The van der Waals surface area contributed by atoms with Crippen molar-refractivity contribution in [2.45, 2.75) is 55.9 Å². The number of hydrogen-bond donors (Lipinski definition) is 2. The standard InChI is InChI=1S/C21H27N5O4S/c1-12-10-30-20-17(9-23-26(12)20)31(22,28)25-21(27)24-19-16-5-3-4-13(16)8-14-6-7-15(11-29-2)18(14)19/h8-9,12,15H,3-7,10-11H2,1-2H3,(H3,22,24,25,27,28)/t12-,15+,31-/m1/s1. The third-order valence-electron chi connectivity index (χ3n) is 6.43. The zero-order valence-corrected chi connectivity index (χ0v) is 18.5. The molecular formula is C21H27N5O4S. The van der Waals surface area contributed by atoms with Crippen LogP contribution in [0.1, 0.15) is 54.0 Å². The summed E-state index contributed by atoms with van der Waals surface area (Å²) in [5, 5.41) is 13.1. The summed E-state index contributed by atoms with van der Waals surface area (Å²) < 4.78 is 29.6. The molecule has 0 fully saturated rings. The van der Waals surface area contributed by atoms with Gasteiger partial charge >= 0.3 is 6.03 Å². The summed E-state index contributed by atoms with van der Waals surface area (Å²) in [5.41, 5.74) is 5.61. The fourth-order valence-electron chi connectivity index (χ4n) is 5.04. The minimum Gasteiger partial charge on any atom is -0.475 e. The number of rotatable bonds is 4. The summed E-state index contributed by atoms with van der Waals surface area (Å²) in [5.74, 6) is 0.537. The van der Waals surface area contributed by atoms with Crippen molar-refractivity contribution in [1.82, 2.24) is 9.78 Å². The molecule has 3 atom stereocenters. The number of ether oxygens (including phenoxy) is 2. The Bertz CT molecular complexity index is 1180. The van der Waals surface area contributed by atoms with Crippen LogP contribution in [-0.4, -0.2) is 40.3 Å². The summed E-state index contributed by atoms with van der Waals surface area (Å²) in [6, 6.07) is 1.57. The maximum atomic E-state index is 13.1. The number of anilines is 1. The molecule has 1 aromatic heterocycles. The van der Waals surface area contributed by atoms with Crippen LogP contribution >= 0.6 is 0 Å². The minimum atomic E-state index is -3.51. The maximum Gasteiger partial charge on any atom is 0.354 e. The molecule has 2 heterocycles. The second-order valence-corrected chi connectivity index (χ2v) is 10.3. The number of aromatic nitrogens is 2. The van der Waals surface area contributed by atoms with Crippen LogP contribution in [-0.2, 0) is 33.9 Å². The third-order valence-corrected chi connectivity index (χ3v) is 7.77. The fourth-order valence-corrected chi connectivity index (χ4v) is 6.03. The van der Waals surface area contributed by atoms with Crippen molar-refractivity contribution in [2.24, 2.45) is 9.50 Å². The lowest BCUT2D eigenvalue weighted by atomic mass is 9.94. The lowest BCUT2D eigenvalue weighted by molar-refractivity contribution is 0.179. The molecule has 2 aliphatic carbocycles. The number of amides is 2. The van der Waals surface area contributed by atoms with Gasteiger partial charge in [-0.2, -0.15) is 5.10 Å². The molecule has 166 valence electrons. The number of nitrogens with two attached hydrogens (primary N) is 1. The van der Waals surface area contributed by atoms with Crippen molar-refractivity contribution in [3.8, 4) is 5.88 Å². The number of aryl methyl sites for hydroxylation is 2. The van der Waals surface area contributed by atoms with E-state index in [2.05, 4.69) is 20.8 Å². The largest absolute Gasteiger partial charge is 0.475 e. The van der Waals surface area contributed by atoms with E-state index in [9.17, 15) is 9.00 Å². The second kappa shape index (κ2) is 7.61. The molecule has 10 heteroatoms. The molecule has 3 aliphatic rings. The van der Waals surface area contributed by atoms with E-state index in [1.165, 1.54) is 17.3 Å². The summed E-state index contributed by atoms with van der Waals surface area (Å²) >= 11 is 0. The molecule has 0 unspecified atom stereocenters. The first kappa shape index (κ1) is 20.5. The Kier molecular flexibility index (Phi) is 5.03. The first-order valence-corrected chi connectivity index (χ1v) is 12.2. The van der Waals surface area contributed by atoms with Crippen molar-refractivity contribution in [3.63, 3.8) is 0 Å². The lowest BCUT2D eigenvalue weighted by Gasteiger charge is -2.19. The van der Waals surface area contributed by atoms with Crippen molar-refractivity contribution in [2.75, 3.05) is 25.6 Å². The number of nitrogens with one attached hydrogen (secondary N) is 1. The Morgan fingerprint density at radius 3 is 3.06 bits per heavy atom. The van der Waals surface area contributed by atoms with E-state index in [-0.39, 0.29) is 16.9 Å². The Morgan fingerprint density at radius 1 is 1.42 bits per heavy atom. The molecule has 9 nitrogen and oxygen atoms in total. The molecule has 1 aromatic carbocycles. The van der Waals surface area contributed by atoms with Crippen molar-refractivity contribution < 1.29 is 18.5 Å². The molecule has 0 saturated carbocycles. The van der Waals surface area contributed by atoms with Gasteiger partial charge in [-0.05, 0) is 61.3 Å². The molecule has 0 radical (unpaired) electrons. The number of fused-ring (bicyclic) bond motifs is 3. The third kappa shape index (κ3) is 3.42. The number of carbonyl (C=O) groups excluding carboxylic acids is 1. The van der Waals surface area contributed by atoms with Gasteiger partial charge in [-0.25, -0.2) is 18.8 Å². The number of hydrogen-bond acceptors (Lipinski definition) is 5. The van der Waals surface area contributed by atoms with Crippen molar-refractivity contribution >= 4 is 21.6 Å². The molecular weight excluding hydrogens is 418 g/mol. The summed E-state index contributed by atoms with van der Waals surface area (Å²) in [6.45, 7) is 2.95. The Labute approximate surface area is 181 Å². The van der Waals surface area contributed by atoms with E-state index < -0.39 is 15.9 Å². The highest BCUT2D eigenvalue weighted by molar-refractivity contribution is 7.91. The van der Waals surface area contributed by atoms with E-state index in [1.54, 1.807) is 11.8 Å². The molecule has 2 amide bonds. The number of methoxy groups -OCH3 is 1. The van der Waals surface area contributed by atoms with Gasteiger partial charge in [-0.3, -0.25) is 0 Å². The number of benzene rings is 1. The predicted octanol–water partition coefficient (Wildman–Crippen LogP) is 2.93. The van der Waals surface area contributed by atoms with Gasteiger partial charge in [0.1, 0.15) is 11.5 Å². The molecule has 1 aliphatic heterocycles. The van der Waals surface area contributed by atoms with Crippen LogP contribution < -0.4 is 15.2 Å². The minimum absolute atomic E-state index is 0.0139. The van der Waals surface area contributed by atoms with Crippen molar-refractivity contribution in [1.29, 1.82) is 0 Å². The van der Waals surface area contributed by atoms with E-state index in [4.69, 9.17) is 14.6 Å². The monoisotopic (exact) mass is 445 g/mol. The number of carbonyl (C=O) groups is 1. The SMILES string of the molecule is COC[C@@H]1CCc2cc3c(c(NC(=O)N=[S@@](N)(=O)c4cnn5c4OC[C@H]5C)c21)CCC3. The zero-order valence-electron chi connectivity index (χ0n) is 17.7. The normalized spacial score (nSPS) is 22.9. The second-order valence-electron chi connectivity index (χ2n) is 8.52. The molecule has 0 spiro atoms. The molecule has 31 heavy (non-hydrogen) atoms. The zero-order chi connectivity index (χ0) is 21.8. The van der Waals surface area contributed by atoms with E-state index >= 15 is 0 Å². The van der Waals surface area contributed by atoms with E-state index in [1.807, 2.05) is 6.92 Å². The number of nitrogens with zero attached hydrogens (tertiary/aromatic N) is 3. The smallest absolute Gasteiger partial charge is 0.354 e. The first-order chi connectivity index (χ1) is 14.9. The quantitative estimate of drug-likeness (QED) is 0.749. The lowest BCUT2D eigenvalue weighted by Crippen LogP contribution is -2.19. The van der Waals surface area contributed by atoms with E-state index in [0.29, 0.717) is 19.1 Å². The highest BCUT2D eigenvalue weighted by atomic mass is 32.2. The van der Waals surface area contributed by atoms with Gasteiger partial charge in [0, 0.05) is 18.7 Å². The number of urea groups is 1. The Balaban J connectivity index is 1.50. The maximum absolute atomic E-state index is 13.1. The van der Waals surface area contributed by atoms with Gasteiger partial charge in [0.25, 0.3) is 0 Å². The molecule has 2 aromatic rings. The summed E-state index contributed by atoms with van der Waals surface area (Å²) in [7, 11) is -1.82. The molecule has 3 N–H and O–H groups in total. The van der Waals surface area contributed by atoms with Gasteiger partial charge in [0.2, 0.25) is 5.88 Å². The van der Waals surface area contributed by atoms with Crippen LogP contribution in [0.15, 0.2) is 21.5 Å². The highest BCUT2D eigenvalue weighted by Crippen LogP contribution is 2.44. The van der Waals surface area contributed by atoms with Gasteiger partial charge in [0.05, 0.1) is 18.8 Å². The van der Waals surface area contributed by atoms with Crippen LogP contribution in [0.3, 0.4) is 0 Å². The van der Waals surface area contributed by atoms with Crippen LogP contribution in [0.2, 0.25) is 0 Å². The predicted molar refractivity (Wildman–Crippen MR) is 116 cm³/mol. The van der Waals surface area contributed by atoms with Crippen LogP contribution in [0.5, 0.6) is 5.88 Å². The van der Waals surface area contributed by atoms with Crippen LogP contribution in [0.4, 0.5) is 10.5 Å². The molecule has 5 rings (SSSR count). The summed E-state index contributed by atoms with van der Waals surface area (Å²) in [6.07, 6.45) is 6.28. The van der Waals surface area contributed by atoms with Crippen LogP contribution in [0.25, 0.3) is 0 Å². The van der Waals surface area contributed by atoms with Crippen LogP contribution in [0, 0.1) is 0 Å². The first-order valence-electron chi connectivity index (χ1n) is 10.6. The van der Waals surface area contributed by atoms with Gasteiger partial charge in [-0.1, -0.05) is 6.07 Å². The van der Waals surface area contributed by atoms with Gasteiger partial charge in [0.15, 0.2) is 9.92 Å². The van der Waals surface area contributed by atoms with Gasteiger partial charge in [-0.15, -0.1) is 4.36 Å². The average molecular weight is 446 g/mol. The average Bonchev–Trinajstić information content (AvgIpc) is 3.47. The van der Waals surface area contributed by atoms with Gasteiger partial charge < -0.3 is 14.8 Å². The molecule has 0 bridgehead atoms. The fraction of sp³-hybridized carbons (Fsp3) is 0.524. The summed E-state index contributed by atoms with van der Waals surface area (Å²) in [4.78, 5) is 13.1. The Morgan fingerprint density at radius 2 is 2.26 bits per heavy atom. The molecule has 0 saturated heterocycles. The highest BCUT2D eigenvalue weighted by Gasteiger charge is 2.32. The van der Waals surface area contributed by atoms with Crippen molar-refractivity contribution in [3.05, 3.63) is 34.5 Å². The Hall–Kier alpha value is -2.43. The topological polar surface area (TPSA) is 121 Å².